The first-order chi connectivity index (χ1) is 9.67. The van der Waals surface area contributed by atoms with E-state index < -0.39 is 0 Å². The maximum absolute atomic E-state index is 5.13. The van der Waals surface area contributed by atoms with Gasteiger partial charge in [0.05, 0.1) is 30.5 Å². The van der Waals surface area contributed by atoms with Gasteiger partial charge in [-0.1, -0.05) is 0 Å². The van der Waals surface area contributed by atoms with E-state index in [1.54, 1.807) is 18.4 Å². The first-order valence-electron chi connectivity index (χ1n) is 6.83. The van der Waals surface area contributed by atoms with Gasteiger partial charge in [0.2, 0.25) is 0 Å². The van der Waals surface area contributed by atoms with Crippen molar-refractivity contribution in [2.45, 2.75) is 33.4 Å². The van der Waals surface area contributed by atoms with Crippen LogP contribution in [0.2, 0.25) is 0 Å². The van der Waals surface area contributed by atoms with Crippen molar-refractivity contribution >= 4 is 11.3 Å². The normalized spacial score (nSPS) is 12.8. The number of aryl methyl sites for hydroxylation is 3. The second kappa shape index (κ2) is 6.97. The van der Waals surface area contributed by atoms with Gasteiger partial charge < -0.3 is 14.6 Å². The Morgan fingerprint density at radius 3 is 2.85 bits per heavy atom. The molecule has 0 saturated carbocycles. The molecule has 0 radical (unpaired) electrons. The van der Waals surface area contributed by atoms with Gasteiger partial charge in [-0.15, -0.1) is 11.3 Å². The molecule has 0 fully saturated rings. The van der Waals surface area contributed by atoms with Crippen LogP contribution in [0, 0.1) is 13.8 Å². The third-order valence-corrected chi connectivity index (χ3v) is 4.47. The largest absolute Gasteiger partial charge is 0.383 e. The summed E-state index contributed by atoms with van der Waals surface area (Å²) in [6.07, 6.45) is 3.79. The molecule has 0 bridgehead atoms. The lowest BCUT2D eigenvalue weighted by molar-refractivity contribution is 0.197. The van der Waals surface area contributed by atoms with Crippen LogP contribution in [0.5, 0.6) is 0 Å². The molecule has 5 nitrogen and oxygen atoms in total. The highest BCUT2D eigenvalue weighted by atomic mass is 32.1. The number of methoxy groups -OCH3 is 1. The van der Waals surface area contributed by atoms with Crippen molar-refractivity contribution in [1.29, 1.82) is 0 Å². The molecule has 110 valence electrons. The van der Waals surface area contributed by atoms with Gasteiger partial charge >= 0.3 is 0 Å². The van der Waals surface area contributed by atoms with E-state index in [1.165, 1.54) is 4.88 Å². The molecule has 1 unspecified atom stereocenters. The molecular formula is C14H22N4OS. The zero-order valence-corrected chi connectivity index (χ0v) is 13.3. The van der Waals surface area contributed by atoms with E-state index in [4.69, 9.17) is 9.72 Å². The van der Waals surface area contributed by atoms with Crippen molar-refractivity contribution in [3.63, 3.8) is 0 Å². The molecule has 0 aromatic carbocycles. The number of hydrogen-bond donors (Lipinski definition) is 1. The molecule has 0 saturated heterocycles. The first kappa shape index (κ1) is 15.2. The lowest BCUT2D eigenvalue weighted by Gasteiger charge is -2.17. The van der Waals surface area contributed by atoms with Crippen molar-refractivity contribution < 1.29 is 4.74 Å². The van der Waals surface area contributed by atoms with Gasteiger partial charge in [0.15, 0.2) is 0 Å². The Labute approximate surface area is 124 Å². The fourth-order valence-electron chi connectivity index (χ4n) is 2.08. The van der Waals surface area contributed by atoms with Gasteiger partial charge in [0.1, 0.15) is 11.0 Å². The Hall–Kier alpha value is -1.24. The molecule has 2 aromatic rings. The molecule has 2 rings (SSSR count). The monoisotopic (exact) mass is 294 g/mol. The van der Waals surface area contributed by atoms with Crippen molar-refractivity contribution in [3.05, 3.63) is 33.8 Å². The van der Waals surface area contributed by atoms with Gasteiger partial charge in [-0.2, -0.15) is 0 Å². The highest BCUT2D eigenvalue weighted by Gasteiger charge is 2.21. The van der Waals surface area contributed by atoms with Crippen LogP contribution in [0.15, 0.2) is 12.5 Å². The van der Waals surface area contributed by atoms with Gasteiger partial charge in [-0.25, -0.2) is 9.97 Å². The van der Waals surface area contributed by atoms with Crippen LogP contribution in [0.4, 0.5) is 0 Å². The lowest BCUT2D eigenvalue weighted by atomic mass is 10.2. The summed E-state index contributed by atoms with van der Waals surface area (Å²) in [4.78, 5) is 10.2. The topological polar surface area (TPSA) is 52.0 Å². The number of nitrogens with zero attached hydrogens (tertiary/aromatic N) is 3. The lowest BCUT2D eigenvalue weighted by Crippen LogP contribution is -2.27. The maximum Gasteiger partial charge on any atom is 0.116 e. The van der Waals surface area contributed by atoms with Crippen LogP contribution in [0.25, 0.3) is 0 Å². The molecule has 2 aromatic heterocycles. The minimum atomic E-state index is 0.0741. The summed E-state index contributed by atoms with van der Waals surface area (Å²) < 4.78 is 7.28. The van der Waals surface area contributed by atoms with Crippen molar-refractivity contribution in [3.8, 4) is 0 Å². The van der Waals surface area contributed by atoms with Crippen LogP contribution in [0.3, 0.4) is 0 Å². The number of nitrogens with one attached hydrogen (secondary N) is 1. The number of rotatable bonds is 7. The Balaban J connectivity index is 2.29. The van der Waals surface area contributed by atoms with E-state index in [9.17, 15) is 0 Å². The standard InChI is InChI=1S/C14H22N4OS/c1-5-18-9-15-8-12(18)13(16-6-7-19-4)14-17-10(2)11(3)20-14/h8-9,13,16H,5-7H2,1-4H3. The second-order valence-electron chi connectivity index (χ2n) is 4.68. The number of hydrogen-bond acceptors (Lipinski definition) is 5. The van der Waals surface area contributed by atoms with Gasteiger partial charge in [-0.05, 0) is 20.8 Å². The molecule has 0 spiro atoms. The van der Waals surface area contributed by atoms with Gasteiger partial charge in [-0.3, -0.25) is 0 Å². The van der Waals surface area contributed by atoms with E-state index in [2.05, 4.69) is 35.6 Å². The zero-order valence-electron chi connectivity index (χ0n) is 12.5. The molecule has 0 aliphatic carbocycles. The number of imidazole rings is 1. The van der Waals surface area contributed by atoms with Crippen LogP contribution >= 0.6 is 11.3 Å². The number of thiazole rings is 1. The SMILES string of the molecule is CCn1cncc1C(NCCOC)c1nc(C)c(C)s1. The van der Waals surface area contributed by atoms with E-state index >= 15 is 0 Å². The molecular weight excluding hydrogens is 272 g/mol. The van der Waals surface area contributed by atoms with Gasteiger partial charge in [0, 0.05) is 25.1 Å². The van der Waals surface area contributed by atoms with E-state index in [-0.39, 0.29) is 6.04 Å². The zero-order chi connectivity index (χ0) is 14.5. The fraction of sp³-hybridized carbons (Fsp3) is 0.571. The van der Waals surface area contributed by atoms with Crippen LogP contribution < -0.4 is 5.32 Å². The average Bonchev–Trinajstić information content (AvgIpc) is 3.02. The number of aromatic nitrogens is 3. The van der Waals surface area contributed by atoms with Crippen molar-refractivity contribution in [2.24, 2.45) is 0 Å². The Morgan fingerprint density at radius 2 is 2.25 bits per heavy atom. The van der Waals surface area contributed by atoms with Crippen LogP contribution in [-0.2, 0) is 11.3 Å². The highest BCUT2D eigenvalue weighted by Crippen LogP contribution is 2.27. The van der Waals surface area contributed by atoms with Crippen molar-refractivity contribution in [1.82, 2.24) is 19.9 Å². The Kier molecular flexibility index (Phi) is 5.28. The molecule has 20 heavy (non-hydrogen) atoms. The second-order valence-corrected chi connectivity index (χ2v) is 5.91. The van der Waals surface area contributed by atoms with E-state index in [1.807, 2.05) is 12.5 Å². The predicted octanol–water partition coefficient (Wildman–Crippen LogP) is 2.30. The molecule has 0 aliphatic heterocycles. The summed E-state index contributed by atoms with van der Waals surface area (Å²) >= 11 is 1.74. The smallest absolute Gasteiger partial charge is 0.116 e. The summed E-state index contributed by atoms with van der Waals surface area (Å²) in [7, 11) is 1.71. The summed E-state index contributed by atoms with van der Waals surface area (Å²) in [5.74, 6) is 0. The molecule has 2 heterocycles. The summed E-state index contributed by atoms with van der Waals surface area (Å²) in [5.41, 5.74) is 2.25. The maximum atomic E-state index is 5.13. The Bertz CT molecular complexity index is 530. The van der Waals surface area contributed by atoms with Gasteiger partial charge in [0.25, 0.3) is 0 Å². The first-order valence-corrected chi connectivity index (χ1v) is 7.65. The van der Waals surface area contributed by atoms with Crippen molar-refractivity contribution in [2.75, 3.05) is 20.3 Å². The fourth-order valence-corrected chi connectivity index (χ4v) is 3.09. The van der Waals surface area contributed by atoms with E-state index in [0.29, 0.717) is 6.61 Å². The molecule has 0 aliphatic rings. The van der Waals surface area contributed by atoms with Crippen LogP contribution in [0.1, 0.15) is 34.2 Å². The average molecular weight is 294 g/mol. The Morgan fingerprint density at radius 1 is 1.45 bits per heavy atom. The minimum absolute atomic E-state index is 0.0741. The van der Waals surface area contributed by atoms with Crippen LogP contribution in [-0.4, -0.2) is 34.8 Å². The molecule has 1 atom stereocenters. The van der Waals surface area contributed by atoms with E-state index in [0.717, 1.165) is 29.5 Å². The summed E-state index contributed by atoms with van der Waals surface area (Å²) in [6.45, 7) is 8.66. The highest BCUT2D eigenvalue weighted by molar-refractivity contribution is 7.11. The quantitative estimate of drug-likeness (QED) is 0.796. The predicted molar refractivity (Wildman–Crippen MR) is 81.2 cm³/mol. The minimum Gasteiger partial charge on any atom is -0.383 e. The summed E-state index contributed by atoms with van der Waals surface area (Å²) in [6, 6.07) is 0.0741. The third-order valence-electron chi connectivity index (χ3n) is 3.33. The molecule has 0 amide bonds. The number of ether oxygens (including phenoxy) is 1. The molecule has 6 heteroatoms. The molecule has 1 N–H and O–H groups in total. The summed E-state index contributed by atoms with van der Waals surface area (Å²) in [5, 5.41) is 4.61. The third kappa shape index (κ3) is 3.26.